The predicted octanol–water partition coefficient (Wildman–Crippen LogP) is 12.8. The van der Waals surface area contributed by atoms with Gasteiger partial charge in [-0.05, 0) is 116 Å². The number of nitrogens with zero attached hydrogens (tertiary/aromatic N) is 1. The number of benzene rings is 6. The van der Waals surface area contributed by atoms with Crippen molar-refractivity contribution in [3.63, 3.8) is 0 Å². The van der Waals surface area contributed by atoms with Gasteiger partial charge in [-0.3, -0.25) is 0 Å². The number of hydrogen-bond donors (Lipinski definition) is 0. The predicted molar refractivity (Wildman–Crippen MR) is 203 cm³/mol. The fourth-order valence-electron chi connectivity index (χ4n) is 7.69. The summed E-state index contributed by atoms with van der Waals surface area (Å²) >= 11 is 0. The lowest BCUT2D eigenvalue weighted by Gasteiger charge is -2.37. The summed E-state index contributed by atoms with van der Waals surface area (Å²) in [6, 6.07) is 36.2. The van der Waals surface area contributed by atoms with Crippen molar-refractivity contribution in [3.8, 4) is 0 Å². The Morgan fingerprint density at radius 3 is 2.07 bits per heavy atom. The molecule has 1 atom stereocenters. The molecule has 0 heterocycles. The van der Waals surface area contributed by atoms with Crippen molar-refractivity contribution < 1.29 is 0 Å². The van der Waals surface area contributed by atoms with E-state index in [4.69, 9.17) is 0 Å². The summed E-state index contributed by atoms with van der Waals surface area (Å²) in [6.07, 6.45) is 16.6. The third kappa shape index (κ3) is 5.14. The molecule has 1 unspecified atom stereocenters. The van der Waals surface area contributed by atoms with Crippen molar-refractivity contribution in [2.45, 2.75) is 45.4 Å². The van der Waals surface area contributed by atoms with Crippen molar-refractivity contribution in [1.29, 1.82) is 0 Å². The number of hydrogen-bond acceptors (Lipinski definition) is 1. The van der Waals surface area contributed by atoms with Crippen molar-refractivity contribution in [1.82, 2.24) is 0 Å². The second-order valence-corrected chi connectivity index (χ2v) is 13.4. The van der Waals surface area contributed by atoms with E-state index >= 15 is 0 Å². The molecule has 1 aliphatic rings. The monoisotopic (exact) mass is 597 g/mol. The van der Waals surface area contributed by atoms with E-state index in [0.717, 1.165) is 28.9 Å². The van der Waals surface area contributed by atoms with Crippen molar-refractivity contribution in [3.05, 3.63) is 151 Å². The minimum absolute atomic E-state index is 0.0548. The zero-order chi connectivity index (χ0) is 31.8. The van der Waals surface area contributed by atoms with Crippen molar-refractivity contribution >= 4 is 60.0 Å². The fraction of sp³-hybridized carbons (Fsp3) is 0.200. The van der Waals surface area contributed by atoms with Crippen LogP contribution in [0.5, 0.6) is 0 Å². The zero-order valence-corrected chi connectivity index (χ0v) is 27.6. The highest BCUT2D eigenvalue weighted by Gasteiger charge is 2.32. The Balaban J connectivity index is 1.42. The number of allylic oxidation sites excluding steroid dienone is 7. The first-order valence-corrected chi connectivity index (χ1v) is 16.7. The van der Waals surface area contributed by atoms with Gasteiger partial charge in [0.15, 0.2) is 0 Å². The van der Waals surface area contributed by atoms with E-state index in [9.17, 15) is 0 Å². The molecule has 1 aliphatic carbocycles. The first-order chi connectivity index (χ1) is 22.4. The third-order valence-electron chi connectivity index (χ3n) is 10.4. The smallest absolute Gasteiger partial charge is 0.0494 e. The van der Waals surface area contributed by atoms with Crippen LogP contribution in [-0.4, -0.2) is 7.05 Å². The summed E-state index contributed by atoms with van der Waals surface area (Å²) < 4.78 is 0. The van der Waals surface area contributed by atoms with Crippen LogP contribution < -0.4 is 4.90 Å². The van der Waals surface area contributed by atoms with Crippen LogP contribution in [0.3, 0.4) is 0 Å². The highest BCUT2D eigenvalue weighted by molar-refractivity contribution is 6.25. The molecule has 0 amide bonds. The quantitative estimate of drug-likeness (QED) is 0.100. The van der Waals surface area contributed by atoms with E-state index in [1.165, 1.54) is 61.5 Å². The molecule has 1 heteroatoms. The Morgan fingerprint density at radius 2 is 1.41 bits per heavy atom. The van der Waals surface area contributed by atoms with Crippen LogP contribution in [-0.2, 0) is 5.41 Å². The molecule has 7 rings (SSSR count). The Bertz CT molecular complexity index is 2170. The molecule has 6 aromatic rings. The Kier molecular flexibility index (Phi) is 7.87. The van der Waals surface area contributed by atoms with Gasteiger partial charge < -0.3 is 4.90 Å². The SMILES string of the molecule is C=C(/C=C\C=C/C)c1cc2c(C(C)(C)C3CC=CCC3)cccc2cc1N(C)c1ccc2c3ccccc3c3ccccc3c2c1. The standard InChI is InChI=1S/C45H43N/c1-6-7-9-17-31(2)40-30-41-32(18-16-25-43(41)45(3,4)33-19-10-8-11-20-33)28-44(40)46(5)34-26-27-39-37-23-13-12-21-35(37)36-22-14-15-24-38(36)42(39)29-34/h6-10,12-18,21-30,33H,2,11,19-20H2,1,3-5H3/b7-6-,17-9-. The lowest BCUT2D eigenvalue weighted by molar-refractivity contribution is 0.297. The Labute approximate surface area is 273 Å². The van der Waals surface area contributed by atoms with E-state index in [1.54, 1.807) is 0 Å². The Morgan fingerprint density at radius 1 is 0.739 bits per heavy atom. The molecule has 0 saturated carbocycles. The average Bonchev–Trinajstić information content (AvgIpc) is 3.10. The second-order valence-electron chi connectivity index (χ2n) is 13.4. The van der Waals surface area contributed by atoms with Gasteiger partial charge in [0.25, 0.3) is 0 Å². The number of anilines is 2. The van der Waals surface area contributed by atoms with Gasteiger partial charge >= 0.3 is 0 Å². The van der Waals surface area contributed by atoms with Gasteiger partial charge in [-0.25, -0.2) is 0 Å². The molecular weight excluding hydrogens is 555 g/mol. The molecule has 0 bridgehead atoms. The maximum Gasteiger partial charge on any atom is 0.0494 e. The topological polar surface area (TPSA) is 3.24 Å². The molecule has 0 spiro atoms. The van der Waals surface area contributed by atoms with E-state index < -0.39 is 0 Å². The van der Waals surface area contributed by atoms with Gasteiger partial charge in [-0.15, -0.1) is 0 Å². The van der Waals surface area contributed by atoms with E-state index in [1.807, 2.05) is 6.92 Å². The summed E-state index contributed by atoms with van der Waals surface area (Å²) in [5.41, 5.74) is 5.96. The van der Waals surface area contributed by atoms with Crippen LogP contribution in [0.15, 0.2) is 140 Å². The summed E-state index contributed by atoms with van der Waals surface area (Å²) in [5.74, 6) is 0.621. The Hall–Kier alpha value is -4.88. The highest BCUT2D eigenvalue weighted by Crippen LogP contribution is 2.45. The number of fused-ring (bicyclic) bond motifs is 7. The van der Waals surface area contributed by atoms with Crippen LogP contribution in [0, 0.1) is 5.92 Å². The van der Waals surface area contributed by atoms with E-state index in [-0.39, 0.29) is 5.41 Å². The summed E-state index contributed by atoms with van der Waals surface area (Å²) in [6.45, 7) is 11.5. The second kappa shape index (κ2) is 12.1. The van der Waals surface area contributed by atoms with E-state index in [0.29, 0.717) is 5.92 Å². The molecule has 6 aromatic carbocycles. The molecule has 0 radical (unpaired) electrons. The average molecular weight is 598 g/mol. The van der Waals surface area contributed by atoms with Gasteiger partial charge in [0.2, 0.25) is 0 Å². The van der Waals surface area contributed by atoms with Gasteiger partial charge in [0.1, 0.15) is 0 Å². The minimum Gasteiger partial charge on any atom is -0.344 e. The van der Waals surface area contributed by atoms with Gasteiger partial charge in [0, 0.05) is 24.0 Å². The first kappa shape index (κ1) is 29.8. The molecule has 0 fully saturated rings. The lowest BCUT2D eigenvalue weighted by atomic mass is 9.67. The van der Waals surface area contributed by atoms with Gasteiger partial charge in [-0.2, -0.15) is 0 Å². The van der Waals surface area contributed by atoms with Crippen LogP contribution in [0.25, 0.3) is 48.7 Å². The van der Waals surface area contributed by atoms with Crippen molar-refractivity contribution in [2.24, 2.45) is 5.92 Å². The maximum absolute atomic E-state index is 4.59. The molecule has 46 heavy (non-hydrogen) atoms. The molecule has 228 valence electrons. The zero-order valence-electron chi connectivity index (χ0n) is 27.6. The highest BCUT2D eigenvalue weighted by atomic mass is 15.1. The molecule has 0 aromatic heterocycles. The minimum atomic E-state index is 0.0548. The van der Waals surface area contributed by atoms with Gasteiger partial charge in [-0.1, -0.05) is 130 Å². The van der Waals surface area contributed by atoms with E-state index in [2.05, 4.69) is 166 Å². The number of rotatable bonds is 7. The lowest BCUT2D eigenvalue weighted by Crippen LogP contribution is -2.29. The van der Waals surface area contributed by atoms with Crippen LogP contribution in [0.1, 0.15) is 51.2 Å². The van der Waals surface area contributed by atoms with Crippen molar-refractivity contribution in [2.75, 3.05) is 11.9 Å². The first-order valence-electron chi connectivity index (χ1n) is 16.7. The molecule has 0 N–H and O–H groups in total. The normalized spacial score (nSPS) is 15.6. The maximum atomic E-state index is 4.59. The molecule has 1 nitrogen and oxygen atoms in total. The van der Waals surface area contributed by atoms with Gasteiger partial charge in [0.05, 0.1) is 0 Å². The van der Waals surface area contributed by atoms with Crippen LogP contribution in [0.4, 0.5) is 11.4 Å². The largest absolute Gasteiger partial charge is 0.344 e. The fourth-order valence-corrected chi connectivity index (χ4v) is 7.69. The molecule has 0 saturated heterocycles. The van der Waals surface area contributed by atoms with Crippen LogP contribution in [0.2, 0.25) is 0 Å². The summed E-state index contributed by atoms with van der Waals surface area (Å²) in [5, 5.41) is 10.3. The summed E-state index contributed by atoms with van der Waals surface area (Å²) in [4.78, 5) is 2.34. The molecular formula is C45H43N. The third-order valence-corrected chi connectivity index (χ3v) is 10.4. The summed E-state index contributed by atoms with van der Waals surface area (Å²) in [7, 11) is 2.19. The molecule has 0 aliphatic heterocycles. The van der Waals surface area contributed by atoms with Crippen LogP contribution >= 0.6 is 0 Å².